The molecular weight excluding hydrogens is 312 g/mol. The maximum atomic E-state index is 12.4. The van der Waals surface area contributed by atoms with Crippen molar-refractivity contribution >= 4 is 33.2 Å². The molecule has 1 fully saturated rings. The molecule has 116 valence electrons. The molecular formula is C14H19ClN2O3S. The van der Waals surface area contributed by atoms with Crippen LogP contribution >= 0.6 is 11.6 Å². The normalized spacial score (nSPS) is 15.9. The van der Waals surface area contributed by atoms with Gasteiger partial charge in [-0.3, -0.25) is 9.10 Å². The molecule has 0 saturated carbocycles. The highest BCUT2D eigenvalue weighted by Crippen LogP contribution is 2.26. The molecule has 0 bridgehead atoms. The summed E-state index contributed by atoms with van der Waals surface area (Å²) >= 11 is 6.17. The van der Waals surface area contributed by atoms with Crippen molar-refractivity contribution in [1.82, 2.24) is 4.90 Å². The van der Waals surface area contributed by atoms with E-state index < -0.39 is 10.0 Å². The van der Waals surface area contributed by atoms with Crippen LogP contribution in [0.15, 0.2) is 18.2 Å². The first-order valence-electron chi connectivity index (χ1n) is 6.83. The van der Waals surface area contributed by atoms with Crippen molar-refractivity contribution in [2.45, 2.75) is 19.3 Å². The lowest BCUT2D eigenvalue weighted by molar-refractivity contribution is 0.0724. The molecule has 0 unspecified atom stereocenters. The predicted octanol–water partition coefficient (Wildman–Crippen LogP) is 2.36. The summed E-state index contributed by atoms with van der Waals surface area (Å²) < 4.78 is 24.2. The maximum absolute atomic E-state index is 12.4. The van der Waals surface area contributed by atoms with Crippen LogP contribution < -0.4 is 4.31 Å². The zero-order chi connectivity index (χ0) is 15.6. The van der Waals surface area contributed by atoms with Gasteiger partial charge >= 0.3 is 0 Å². The molecule has 0 N–H and O–H groups in total. The number of carbonyl (C=O) groups is 1. The Bertz CT molecular complexity index is 640. The zero-order valence-corrected chi connectivity index (χ0v) is 13.7. The summed E-state index contributed by atoms with van der Waals surface area (Å²) in [6.07, 6.45) is 4.29. The van der Waals surface area contributed by atoms with Crippen LogP contribution in [0.25, 0.3) is 0 Å². The van der Waals surface area contributed by atoms with Gasteiger partial charge in [-0.15, -0.1) is 0 Å². The molecule has 0 radical (unpaired) electrons. The number of piperidine rings is 1. The quantitative estimate of drug-likeness (QED) is 0.855. The fourth-order valence-electron chi connectivity index (χ4n) is 2.33. The van der Waals surface area contributed by atoms with E-state index in [0.717, 1.165) is 42.9 Å². The molecule has 1 amide bonds. The smallest absolute Gasteiger partial charge is 0.255 e. The topological polar surface area (TPSA) is 57.7 Å². The molecule has 21 heavy (non-hydrogen) atoms. The number of halogens is 1. The Morgan fingerprint density at radius 2 is 1.86 bits per heavy atom. The van der Waals surface area contributed by atoms with E-state index >= 15 is 0 Å². The molecule has 1 saturated heterocycles. The molecule has 1 aromatic carbocycles. The van der Waals surface area contributed by atoms with E-state index in [1.54, 1.807) is 17.0 Å². The van der Waals surface area contributed by atoms with E-state index in [1.165, 1.54) is 13.1 Å². The third kappa shape index (κ3) is 3.68. The first-order valence-corrected chi connectivity index (χ1v) is 9.06. The third-order valence-electron chi connectivity index (χ3n) is 3.69. The number of amides is 1. The van der Waals surface area contributed by atoms with Gasteiger partial charge in [-0.1, -0.05) is 11.6 Å². The lowest BCUT2D eigenvalue weighted by atomic mass is 10.1. The zero-order valence-electron chi connectivity index (χ0n) is 12.2. The van der Waals surface area contributed by atoms with Gasteiger partial charge in [0.15, 0.2) is 0 Å². The van der Waals surface area contributed by atoms with Crippen LogP contribution in [0.1, 0.15) is 29.6 Å². The van der Waals surface area contributed by atoms with Gasteiger partial charge in [0.25, 0.3) is 5.91 Å². The minimum Gasteiger partial charge on any atom is -0.339 e. The van der Waals surface area contributed by atoms with Gasteiger partial charge in [0, 0.05) is 20.1 Å². The minimum absolute atomic E-state index is 0.0896. The average Bonchev–Trinajstić information content (AvgIpc) is 2.45. The van der Waals surface area contributed by atoms with Crippen LogP contribution in [0.4, 0.5) is 5.69 Å². The molecule has 5 nitrogen and oxygen atoms in total. The highest BCUT2D eigenvalue weighted by molar-refractivity contribution is 7.92. The van der Waals surface area contributed by atoms with E-state index in [-0.39, 0.29) is 10.9 Å². The van der Waals surface area contributed by atoms with Crippen LogP contribution in [-0.2, 0) is 10.0 Å². The second kappa shape index (κ2) is 6.23. The number of hydrogen-bond acceptors (Lipinski definition) is 3. The Labute approximate surface area is 130 Å². The van der Waals surface area contributed by atoms with Crippen LogP contribution in [-0.4, -0.2) is 45.6 Å². The van der Waals surface area contributed by atoms with Crippen molar-refractivity contribution in [3.05, 3.63) is 28.8 Å². The minimum atomic E-state index is -3.35. The number of likely N-dealkylation sites (tertiary alicyclic amines) is 1. The van der Waals surface area contributed by atoms with Crippen LogP contribution in [0, 0.1) is 0 Å². The summed E-state index contributed by atoms with van der Waals surface area (Å²) in [6.45, 7) is 1.50. The Balaban J connectivity index is 2.25. The van der Waals surface area contributed by atoms with Gasteiger partial charge in [-0.2, -0.15) is 0 Å². The van der Waals surface area contributed by atoms with Crippen LogP contribution in [0.3, 0.4) is 0 Å². The van der Waals surface area contributed by atoms with Gasteiger partial charge in [0.05, 0.1) is 22.5 Å². The van der Waals surface area contributed by atoms with Crippen LogP contribution in [0.2, 0.25) is 5.02 Å². The maximum Gasteiger partial charge on any atom is 0.255 e. The summed E-state index contributed by atoms with van der Waals surface area (Å²) in [4.78, 5) is 14.2. The number of anilines is 1. The van der Waals surface area contributed by atoms with E-state index in [2.05, 4.69) is 0 Å². The summed E-state index contributed by atoms with van der Waals surface area (Å²) in [5.74, 6) is -0.0896. The largest absolute Gasteiger partial charge is 0.339 e. The highest BCUT2D eigenvalue weighted by atomic mass is 35.5. The number of benzene rings is 1. The first-order chi connectivity index (χ1) is 9.80. The molecule has 0 aromatic heterocycles. The van der Waals surface area contributed by atoms with Crippen molar-refractivity contribution < 1.29 is 13.2 Å². The first kappa shape index (κ1) is 16.1. The number of nitrogens with zero attached hydrogens (tertiary/aromatic N) is 2. The second-order valence-corrected chi connectivity index (χ2v) is 7.67. The van der Waals surface area contributed by atoms with Gasteiger partial charge in [-0.05, 0) is 37.5 Å². The Morgan fingerprint density at radius 1 is 1.24 bits per heavy atom. The number of hydrogen-bond donors (Lipinski definition) is 0. The summed E-state index contributed by atoms with van der Waals surface area (Å²) in [5, 5.41) is 0.276. The SMILES string of the molecule is CN(c1ccc(C(=O)N2CCCCC2)c(Cl)c1)S(C)(=O)=O. The fourth-order valence-corrected chi connectivity index (χ4v) is 3.08. The molecule has 0 spiro atoms. The van der Waals surface area contributed by atoms with E-state index in [4.69, 9.17) is 11.6 Å². The fraction of sp³-hybridized carbons (Fsp3) is 0.500. The molecule has 7 heteroatoms. The van der Waals surface area contributed by atoms with Gasteiger partial charge in [0.1, 0.15) is 0 Å². The van der Waals surface area contributed by atoms with E-state index in [0.29, 0.717) is 11.3 Å². The van der Waals surface area contributed by atoms with Gasteiger partial charge in [0.2, 0.25) is 10.0 Å². The van der Waals surface area contributed by atoms with Crippen molar-refractivity contribution in [1.29, 1.82) is 0 Å². The molecule has 1 aliphatic heterocycles. The van der Waals surface area contributed by atoms with Crippen molar-refractivity contribution in [2.75, 3.05) is 30.7 Å². The Hall–Kier alpha value is -1.27. The Kier molecular flexibility index (Phi) is 4.78. The van der Waals surface area contributed by atoms with Crippen molar-refractivity contribution in [3.8, 4) is 0 Å². The molecule has 0 atom stereocenters. The van der Waals surface area contributed by atoms with Crippen LogP contribution in [0.5, 0.6) is 0 Å². The van der Waals surface area contributed by atoms with Crippen molar-refractivity contribution in [2.24, 2.45) is 0 Å². The van der Waals surface area contributed by atoms with Gasteiger partial charge in [-0.25, -0.2) is 8.42 Å². The molecule has 1 heterocycles. The average molecular weight is 331 g/mol. The number of sulfonamides is 1. The molecule has 1 aromatic rings. The third-order valence-corrected chi connectivity index (χ3v) is 5.21. The summed E-state index contributed by atoms with van der Waals surface area (Å²) in [5.41, 5.74) is 0.863. The second-order valence-electron chi connectivity index (χ2n) is 5.25. The number of rotatable bonds is 3. The highest BCUT2D eigenvalue weighted by Gasteiger charge is 2.21. The van der Waals surface area contributed by atoms with Gasteiger partial charge < -0.3 is 4.90 Å². The summed E-state index contributed by atoms with van der Waals surface area (Å²) in [7, 11) is -1.90. The lowest BCUT2D eigenvalue weighted by Crippen LogP contribution is -2.35. The molecule has 1 aliphatic rings. The summed E-state index contributed by atoms with van der Waals surface area (Å²) in [6, 6.07) is 4.71. The van der Waals surface area contributed by atoms with E-state index in [9.17, 15) is 13.2 Å². The molecule has 0 aliphatic carbocycles. The van der Waals surface area contributed by atoms with Crippen molar-refractivity contribution in [3.63, 3.8) is 0 Å². The predicted molar refractivity (Wildman–Crippen MR) is 84.5 cm³/mol. The lowest BCUT2D eigenvalue weighted by Gasteiger charge is -2.27. The monoisotopic (exact) mass is 330 g/mol. The van der Waals surface area contributed by atoms with E-state index in [1.807, 2.05) is 0 Å². The molecule has 2 rings (SSSR count). The standard InChI is InChI=1S/C14H19ClN2O3S/c1-16(21(2,19)20)11-6-7-12(13(15)10-11)14(18)17-8-4-3-5-9-17/h6-7,10H,3-5,8-9H2,1-2H3. The number of carbonyl (C=O) groups excluding carboxylic acids is 1. The Morgan fingerprint density at radius 3 is 2.38 bits per heavy atom.